The molecule has 2 atom stereocenters. The predicted molar refractivity (Wildman–Crippen MR) is 114 cm³/mol. The molecule has 1 fully saturated rings. The number of carbonyl (C=O) groups is 1. The fourth-order valence-electron chi connectivity index (χ4n) is 4.13. The average Bonchev–Trinajstić information content (AvgIpc) is 2.73. The highest BCUT2D eigenvalue weighted by Crippen LogP contribution is 2.35. The molecule has 1 aromatic carbocycles. The number of hydrogen-bond acceptors (Lipinski definition) is 5. The number of hydrogen-bond donors (Lipinski definition) is 0. The molecule has 1 saturated carbocycles. The third kappa shape index (κ3) is 5.34. The Balaban J connectivity index is 1.67. The quantitative estimate of drug-likeness (QED) is 0.617. The molecule has 2 aromatic rings. The largest absolute Gasteiger partial charge is 0.497 e. The maximum absolute atomic E-state index is 11.9. The minimum Gasteiger partial charge on any atom is -0.497 e. The molecule has 0 saturated heterocycles. The van der Waals surface area contributed by atoms with Crippen LogP contribution in [0, 0.1) is 6.92 Å². The van der Waals surface area contributed by atoms with E-state index in [2.05, 4.69) is 35.9 Å². The molecule has 0 N–H and O–H groups in total. The van der Waals surface area contributed by atoms with E-state index < -0.39 is 0 Å². The molecule has 5 nitrogen and oxygen atoms in total. The first-order valence-corrected chi connectivity index (χ1v) is 10.7. The van der Waals surface area contributed by atoms with Crippen molar-refractivity contribution in [3.05, 3.63) is 46.9 Å². The molecule has 5 heteroatoms. The molecule has 1 aliphatic rings. The van der Waals surface area contributed by atoms with Crippen molar-refractivity contribution in [2.24, 2.45) is 0 Å². The van der Waals surface area contributed by atoms with Gasteiger partial charge in [-0.3, -0.25) is 4.79 Å². The van der Waals surface area contributed by atoms with Crippen molar-refractivity contribution in [3.63, 3.8) is 0 Å². The van der Waals surface area contributed by atoms with E-state index in [-0.39, 0.29) is 5.92 Å². The molecule has 2 unspecified atom stereocenters. The second-order valence-corrected chi connectivity index (χ2v) is 7.97. The summed E-state index contributed by atoms with van der Waals surface area (Å²) in [5.41, 5.74) is 3.64. The lowest BCUT2D eigenvalue weighted by molar-refractivity contribution is -0.120. The highest BCUT2D eigenvalue weighted by atomic mass is 16.5. The molecule has 1 aliphatic carbocycles. The zero-order valence-corrected chi connectivity index (χ0v) is 18.0. The van der Waals surface area contributed by atoms with E-state index in [0.717, 1.165) is 37.0 Å². The fourth-order valence-corrected chi connectivity index (χ4v) is 4.13. The van der Waals surface area contributed by atoms with Crippen molar-refractivity contribution in [3.8, 4) is 11.6 Å². The summed E-state index contributed by atoms with van der Waals surface area (Å²) in [5.74, 6) is 3.12. The van der Waals surface area contributed by atoms with Crippen LogP contribution in [0.4, 0.5) is 0 Å². The summed E-state index contributed by atoms with van der Waals surface area (Å²) in [7, 11) is 1.70. The lowest BCUT2D eigenvalue weighted by atomic mass is 9.84. The monoisotopic (exact) mass is 396 g/mol. The van der Waals surface area contributed by atoms with Crippen molar-refractivity contribution < 1.29 is 14.3 Å². The molecular formula is C24H32N2O3. The van der Waals surface area contributed by atoms with Gasteiger partial charge in [-0.05, 0) is 67.7 Å². The summed E-state index contributed by atoms with van der Waals surface area (Å²) in [4.78, 5) is 20.8. The molecule has 0 spiro atoms. The molecule has 29 heavy (non-hydrogen) atoms. The summed E-state index contributed by atoms with van der Waals surface area (Å²) in [5, 5.41) is 0. The minimum absolute atomic E-state index is 0.178. The van der Waals surface area contributed by atoms with Crippen molar-refractivity contribution in [2.45, 2.75) is 71.1 Å². The number of methoxy groups -OCH3 is 1. The SMILES string of the molecule is CCc1cc(OC)ccc1C(C)CCOc1nc(C)ncc1C1CCCC(=O)C1. The third-order valence-corrected chi connectivity index (χ3v) is 5.87. The Hall–Kier alpha value is -2.43. The lowest BCUT2D eigenvalue weighted by Crippen LogP contribution is -2.16. The maximum Gasteiger partial charge on any atom is 0.220 e. The van der Waals surface area contributed by atoms with Gasteiger partial charge in [0.05, 0.1) is 13.7 Å². The summed E-state index contributed by atoms with van der Waals surface area (Å²) in [6.45, 7) is 6.86. The van der Waals surface area contributed by atoms with Gasteiger partial charge in [0.25, 0.3) is 0 Å². The molecule has 3 rings (SSSR count). The van der Waals surface area contributed by atoms with Gasteiger partial charge < -0.3 is 9.47 Å². The van der Waals surface area contributed by atoms with E-state index in [9.17, 15) is 4.79 Å². The summed E-state index contributed by atoms with van der Waals surface area (Å²) < 4.78 is 11.5. The van der Waals surface area contributed by atoms with Gasteiger partial charge in [-0.2, -0.15) is 4.98 Å². The lowest BCUT2D eigenvalue weighted by Gasteiger charge is -2.23. The van der Waals surface area contributed by atoms with Crippen LogP contribution in [-0.2, 0) is 11.2 Å². The Morgan fingerprint density at radius 2 is 2.14 bits per heavy atom. The molecule has 0 bridgehead atoms. The van der Waals surface area contributed by atoms with Gasteiger partial charge in [-0.15, -0.1) is 0 Å². The van der Waals surface area contributed by atoms with Gasteiger partial charge >= 0.3 is 0 Å². The summed E-state index contributed by atoms with van der Waals surface area (Å²) >= 11 is 0. The van der Waals surface area contributed by atoms with Crippen LogP contribution in [0.5, 0.6) is 11.6 Å². The molecule has 0 aliphatic heterocycles. The fraction of sp³-hybridized carbons (Fsp3) is 0.542. The molecule has 156 valence electrons. The van der Waals surface area contributed by atoms with Crippen LogP contribution >= 0.6 is 0 Å². The summed E-state index contributed by atoms with van der Waals surface area (Å²) in [6, 6.07) is 6.31. The number of aromatic nitrogens is 2. The van der Waals surface area contributed by atoms with Crippen LogP contribution in [0.1, 0.15) is 80.3 Å². The second kappa shape index (κ2) is 9.86. The van der Waals surface area contributed by atoms with Crippen molar-refractivity contribution in [1.82, 2.24) is 9.97 Å². The number of aryl methyl sites for hydroxylation is 2. The van der Waals surface area contributed by atoms with E-state index >= 15 is 0 Å². The van der Waals surface area contributed by atoms with Crippen LogP contribution < -0.4 is 9.47 Å². The number of Topliss-reactive ketones (excluding diaryl/α,β-unsaturated/α-hetero) is 1. The Morgan fingerprint density at radius 3 is 2.86 bits per heavy atom. The number of ether oxygens (including phenoxy) is 2. The average molecular weight is 397 g/mol. The number of benzene rings is 1. The number of rotatable bonds is 8. The molecule has 1 aromatic heterocycles. The van der Waals surface area contributed by atoms with E-state index in [1.807, 2.05) is 19.2 Å². The van der Waals surface area contributed by atoms with Gasteiger partial charge in [-0.25, -0.2) is 4.98 Å². The Bertz CT molecular complexity index is 850. The number of nitrogens with zero attached hydrogens (tertiary/aromatic N) is 2. The van der Waals surface area contributed by atoms with E-state index in [4.69, 9.17) is 9.47 Å². The van der Waals surface area contributed by atoms with E-state index in [1.54, 1.807) is 7.11 Å². The predicted octanol–water partition coefficient (Wildman–Crippen LogP) is 5.16. The third-order valence-electron chi connectivity index (χ3n) is 5.87. The first-order valence-electron chi connectivity index (χ1n) is 10.7. The molecule has 0 amide bonds. The zero-order chi connectivity index (χ0) is 20.8. The highest BCUT2D eigenvalue weighted by molar-refractivity contribution is 5.80. The van der Waals surface area contributed by atoms with Gasteiger partial charge in [0.1, 0.15) is 17.4 Å². The van der Waals surface area contributed by atoms with Crippen LogP contribution in [-0.4, -0.2) is 29.5 Å². The van der Waals surface area contributed by atoms with Crippen LogP contribution in [0.15, 0.2) is 24.4 Å². The highest BCUT2D eigenvalue weighted by Gasteiger charge is 2.25. The smallest absolute Gasteiger partial charge is 0.220 e. The van der Waals surface area contributed by atoms with E-state index in [0.29, 0.717) is 42.9 Å². The topological polar surface area (TPSA) is 61.3 Å². The minimum atomic E-state index is 0.178. The summed E-state index contributed by atoms with van der Waals surface area (Å²) in [6.07, 6.45) is 6.92. The van der Waals surface area contributed by atoms with Crippen LogP contribution in [0.25, 0.3) is 0 Å². The van der Waals surface area contributed by atoms with Crippen molar-refractivity contribution in [1.29, 1.82) is 0 Å². The Labute approximate surface area is 173 Å². The normalized spacial score (nSPS) is 17.8. The van der Waals surface area contributed by atoms with Crippen molar-refractivity contribution in [2.75, 3.05) is 13.7 Å². The van der Waals surface area contributed by atoms with Crippen molar-refractivity contribution >= 4 is 5.78 Å². The number of ketones is 1. The maximum atomic E-state index is 11.9. The van der Waals surface area contributed by atoms with E-state index in [1.165, 1.54) is 11.1 Å². The standard InChI is InChI=1S/C24H32N2O3/c1-5-18-14-21(28-4)9-10-22(18)16(2)11-12-29-24-23(15-25-17(3)26-24)19-7-6-8-20(27)13-19/h9-10,14-16,19H,5-8,11-13H2,1-4H3. The van der Waals surface area contributed by atoms with Gasteiger partial charge in [-0.1, -0.05) is 19.9 Å². The van der Waals surface area contributed by atoms with Gasteiger partial charge in [0, 0.05) is 24.6 Å². The van der Waals surface area contributed by atoms with Gasteiger partial charge in [0.2, 0.25) is 5.88 Å². The van der Waals surface area contributed by atoms with Crippen LogP contribution in [0.2, 0.25) is 0 Å². The first kappa shape index (κ1) is 21.3. The number of carbonyl (C=O) groups excluding carboxylic acids is 1. The molecular weight excluding hydrogens is 364 g/mol. The van der Waals surface area contributed by atoms with Gasteiger partial charge in [0.15, 0.2) is 0 Å². The second-order valence-electron chi connectivity index (χ2n) is 7.97. The Morgan fingerprint density at radius 1 is 1.31 bits per heavy atom. The first-order chi connectivity index (χ1) is 14.0. The van der Waals surface area contributed by atoms with Crippen LogP contribution in [0.3, 0.4) is 0 Å². The molecule has 0 radical (unpaired) electrons. The molecule has 1 heterocycles. The zero-order valence-electron chi connectivity index (χ0n) is 18.0. The Kier molecular flexibility index (Phi) is 7.24.